The van der Waals surface area contributed by atoms with Gasteiger partial charge in [-0.1, -0.05) is 38.6 Å². The van der Waals surface area contributed by atoms with Crippen LogP contribution in [0.5, 0.6) is 0 Å². The number of aromatic nitrogens is 2. The smallest absolute Gasteiger partial charge is 0.330 e. The minimum Gasteiger partial charge on any atom is -0.460 e. The molecule has 0 saturated heterocycles. The first-order valence-electron chi connectivity index (χ1n) is 8.85. The molecule has 0 fully saturated rings. The van der Waals surface area contributed by atoms with E-state index in [-0.39, 0.29) is 6.61 Å². The van der Waals surface area contributed by atoms with Gasteiger partial charge in [0, 0.05) is 13.1 Å². The van der Waals surface area contributed by atoms with Crippen LogP contribution in [0, 0.1) is 11.3 Å². The van der Waals surface area contributed by atoms with E-state index in [9.17, 15) is 10.1 Å². The molecule has 1 aromatic heterocycles. The summed E-state index contributed by atoms with van der Waals surface area (Å²) in [6.45, 7) is 9.29. The average Bonchev–Trinajstić information content (AvgIpc) is 2.66. The molecule has 0 aliphatic carbocycles. The van der Waals surface area contributed by atoms with Crippen molar-refractivity contribution in [1.29, 1.82) is 5.26 Å². The molecule has 0 aliphatic heterocycles. The average molecular weight is 352 g/mol. The Morgan fingerprint density at radius 2 is 1.88 bits per heavy atom. The lowest BCUT2D eigenvalue weighted by Crippen LogP contribution is -2.29. The third-order valence-corrected chi connectivity index (χ3v) is 3.85. The standard InChI is InChI=1S/C20H24N4O2/c1-4-11-24(12-5-2)19-18(15(14-21)20(25)26-13-6-3)22-16-9-7-8-10-17(16)23-19/h6-10,15H,3-5,11-13H2,1-2H3/t15-/m0/s1. The summed E-state index contributed by atoms with van der Waals surface area (Å²) in [6.07, 6.45) is 3.32. The zero-order valence-electron chi connectivity index (χ0n) is 15.3. The van der Waals surface area contributed by atoms with Gasteiger partial charge in [-0.3, -0.25) is 4.79 Å². The number of hydrogen-bond acceptors (Lipinski definition) is 6. The summed E-state index contributed by atoms with van der Waals surface area (Å²) in [5.74, 6) is -1.18. The van der Waals surface area contributed by atoms with Crippen LogP contribution in [0.15, 0.2) is 36.9 Å². The van der Waals surface area contributed by atoms with Crippen LogP contribution in [0.3, 0.4) is 0 Å². The highest BCUT2D eigenvalue weighted by atomic mass is 16.5. The minimum atomic E-state index is -1.13. The van der Waals surface area contributed by atoms with Crippen molar-refractivity contribution in [2.75, 3.05) is 24.6 Å². The summed E-state index contributed by atoms with van der Waals surface area (Å²) in [5, 5.41) is 9.62. The fraction of sp³-hybridized carbons (Fsp3) is 0.400. The summed E-state index contributed by atoms with van der Waals surface area (Å²) in [7, 11) is 0. The number of nitrogens with zero attached hydrogens (tertiary/aromatic N) is 4. The van der Waals surface area contributed by atoms with Gasteiger partial charge in [-0.05, 0) is 25.0 Å². The predicted octanol–water partition coefficient (Wildman–Crippen LogP) is 3.59. The van der Waals surface area contributed by atoms with Gasteiger partial charge in [0.05, 0.1) is 17.1 Å². The highest BCUT2D eigenvalue weighted by Crippen LogP contribution is 2.28. The summed E-state index contributed by atoms with van der Waals surface area (Å²) in [4.78, 5) is 23.8. The van der Waals surface area contributed by atoms with Gasteiger partial charge in [0.15, 0.2) is 11.7 Å². The molecule has 2 rings (SSSR count). The van der Waals surface area contributed by atoms with Gasteiger partial charge < -0.3 is 9.64 Å². The number of nitriles is 1. The fourth-order valence-electron chi connectivity index (χ4n) is 2.74. The van der Waals surface area contributed by atoms with Crippen molar-refractivity contribution < 1.29 is 9.53 Å². The maximum absolute atomic E-state index is 12.4. The van der Waals surface area contributed by atoms with Crippen molar-refractivity contribution in [3.8, 4) is 6.07 Å². The third kappa shape index (κ3) is 4.37. The molecule has 2 aromatic rings. The Bertz CT molecular complexity index is 807. The van der Waals surface area contributed by atoms with Crippen LogP contribution >= 0.6 is 0 Å². The zero-order chi connectivity index (χ0) is 18.9. The summed E-state index contributed by atoms with van der Waals surface area (Å²) in [6, 6.07) is 9.48. The lowest BCUT2D eigenvalue weighted by atomic mass is 10.1. The highest BCUT2D eigenvalue weighted by Gasteiger charge is 2.29. The lowest BCUT2D eigenvalue weighted by molar-refractivity contribution is -0.142. The number of carbonyl (C=O) groups is 1. The normalized spacial score (nSPS) is 11.6. The molecule has 136 valence electrons. The van der Waals surface area contributed by atoms with E-state index in [0.717, 1.165) is 31.4 Å². The van der Waals surface area contributed by atoms with Gasteiger partial charge in [-0.2, -0.15) is 5.26 Å². The van der Waals surface area contributed by atoms with Crippen LogP contribution in [0.25, 0.3) is 11.0 Å². The molecule has 0 amide bonds. The van der Waals surface area contributed by atoms with Crippen LogP contribution in [-0.2, 0) is 9.53 Å². The maximum Gasteiger partial charge on any atom is 0.330 e. The number of fused-ring (bicyclic) bond motifs is 1. The number of benzene rings is 1. The third-order valence-electron chi connectivity index (χ3n) is 3.85. The Labute approximate surface area is 154 Å². The Hall–Kier alpha value is -2.94. The zero-order valence-corrected chi connectivity index (χ0v) is 15.3. The molecule has 0 saturated carbocycles. The largest absolute Gasteiger partial charge is 0.460 e. The summed E-state index contributed by atoms with van der Waals surface area (Å²) in [5.41, 5.74) is 1.73. The number of carbonyl (C=O) groups excluding carboxylic acids is 1. The highest BCUT2D eigenvalue weighted by molar-refractivity contribution is 5.85. The van der Waals surface area contributed by atoms with Crippen LogP contribution in [0.2, 0.25) is 0 Å². The van der Waals surface area contributed by atoms with E-state index in [4.69, 9.17) is 9.72 Å². The molecule has 6 heteroatoms. The topological polar surface area (TPSA) is 79.1 Å². The number of para-hydroxylation sites is 2. The monoisotopic (exact) mass is 352 g/mol. The van der Waals surface area contributed by atoms with Gasteiger partial charge in [0.25, 0.3) is 0 Å². The second kappa shape index (κ2) is 9.52. The first-order valence-corrected chi connectivity index (χ1v) is 8.85. The van der Waals surface area contributed by atoms with Gasteiger partial charge in [-0.15, -0.1) is 0 Å². The first-order chi connectivity index (χ1) is 12.7. The molecule has 0 unspecified atom stereocenters. The van der Waals surface area contributed by atoms with Crippen LogP contribution < -0.4 is 4.90 Å². The van der Waals surface area contributed by atoms with Crippen molar-refractivity contribution in [2.24, 2.45) is 0 Å². The van der Waals surface area contributed by atoms with Gasteiger partial charge >= 0.3 is 5.97 Å². The lowest BCUT2D eigenvalue weighted by Gasteiger charge is -2.25. The Kier molecular flexibility index (Phi) is 7.10. The number of rotatable bonds is 9. The van der Waals surface area contributed by atoms with Crippen molar-refractivity contribution in [1.82, 2.24) is 9.97 Å². The van der Waals surface area contributed by atoms with E-state index in [1.54, 1.807) is 0 Å². The summed E-state index contributed by atoms with van der Waals surface area (Å²) < 4.78 is 5.10. The Balaban J connectivity index is 2.59. The van der Waals surface area contributed by atoms with E-state index >= 15 is 0 Å². The summed E-state index contributed by atoms with van der Waals surface area (Å²) >= 11 is 0. The quantitative estimate of drug-likeness (QED) is 0.507. The predicted molar refractivity (Wildman–Crippen MR) is 102 cm³/mol. The van der Waals surface area contributed by atoms with Gasteiger partial charge in [0.1, 0.15) is 12.3 Å². The second-order valence-electron chi connectivity index (χ2n) is 5.89. The molecule has 0 aliphatic rings. The number of esters is 1. The SMILES string of the molecule is C=CCOC(=O)[C@@H](C#N)c1nc2ccccc2nc1N(CCC)CCC. The molecule has 0 spiro atoms. The van der Waals surface area contributed by atoms with Crippen LogP contribution in [0.4, 0.5) is 5.82 Å². The second-order valence-corrected chi connectivity index (χ2v) is 5.89. The van der Waals surface area contributed by atoms with Crippen LogP contribution in [-0.4, -0.2) is 35.6 Å². The molecule has 1 heterocycles. The molecule has 0 bridgehead atoms. The van der Waals surface area contributed by atoms with E-state index in [1.165, 1.54) is 6.08 Å². The molecule has 26 heavy (non-hydrogen) atoms. The Morgan fingerprint density at radius 3 is 2.42 bits per heavy atom. The molecule has 0 radical (unpaired) electrons. The number of anilines is 1. The van der Waals surface area contributed by atoms with Crippen molar-refractivity contribution >= 4 is 22.8 Å². The molecule has 1 atom stereocenters. The fourth-order valence-corrected chi connectivity index (χ4v) is 2.74. The molecular weight excluding hydrogens is 328 g/mol. The van der Waals surface area contributed by atoms with E-state index in [2.05, 4.69) is 30.3 Å². The molecule has 0 N–H and O–H groups in total. The first kappa shape index (κ1) is 19.4. The van der Waals surface area contributed by atoms with Crippen molar-refractivity contribution in [2.45, 2.75) is 32.6 Å². The molecule has 1 aromatic carbocycles. The van der Waals surface area contributed by atoms with Crippen LogP contribution in [0.1, 0.15) is 38.3 Å². The van der Waals surface area contributed by atoms with E-state index < -0.39 is 11.9 Å². The minimum absolute atomic E-state index is 0.0565. The number of ether oxygens (including phenoxy) is 1. The molecular formula is C20H24N4O2. The van der Waals surface area contributed by atoms with Crippen molar-refractivity contribution in [3.63, 3.8) is 0 Å². The number of hydrogen-bond donors (Lipinski definition) is 0. The van der Waals surface area contributed by atoms with Gasteiger partial charge in [0.2, 0.25) is 0 Å². The van der Waals surface area contributed by atoms with Gasteiger partial charge in [-0.25, -0.2) is 9.97 Å². The van der Waals surface area contributed by atoms with E-state index in [0.29, 0.717) is 17.0 Å². The van der Waals surface area contributed by atoms with E-state index in [1.807, 2.05) is 30.3 Å². The van der Waals surface area contributed by atoms with Crippen molar-refractivity contribution in [3.05, 3.63) is 42.6 Å². The maximum atomic E-state index is 12.4. The molecule has 6 nitrogen and oxygen atoms in total. The Morgan fingerprint density at radius 1 is 1.27 bits per heavy atom.